The van der Waals surface area contributed by atoms with E-state index < -0.39 is 0 Å². The molecule has 0 unspecified atom stereocenters. The summed E-state index contributed by atoms with van der Waals surface area (Å²) in [6, 6.07) is 13.7. The standard InChI is InChI=1S/C20H18N4O2/c1-25-18-5-4-16(11-17(18)12-21)20-23-19(24-26-20)15-3-2-13-6-8-22-9-7-14(13)10-15/h2-5,10-11,22H,6-9H2,1H3. The van der Waals surface area contributed by atoms with E-state index in [2.05, 4.69) is 33.7 Å². The molecule has 0 radical (unpaired) electrons. The molecule has 0 spiro atoms. The van der Waals surface area contributed by atoms with Crippen molar-refractivity contribution < 1.29 is 9.26 Å². The minimum atomic E-state index is 0.385. The summed E-state index contributed by atoms with van der Waals surface area (Å²) in [5, 5.41) is 16.8. The van der Waals surface area contributed by atoms with Gasteiger partial charge in [0, 0.05) is 11.1 Å². The summed E-state index contributed by atoms with van der Waals surface area (Å²) in [6.07, 6.45) is 2.04. The quantitative estimate of drug-likeness (QED) is 0.785. The highest BCUT2D eigenvalue weighted by atomic mass is 16.5. The fourth-order valence-electron chi connectivity index (χ4n) is 3.20. The Balaban J connectivity index is 1.67. The van der Waals surface area contributed by atoms with Crippen molar-refractivity contribution in [2.45, 2.75) is 12.8 Å². The van der Waals surface area contributed by atoms with Gasteiger partial charge in [-0.3, -0.25) is 0 Å². The SMILES string of the molecule is COc1ccc(-c2nc(-c3ccc4c(c3)CCNCC4)no2)cc1C#N. The van der Waals surface area contributed by atoms with Crippen molar-refractivity contribution in [3.05, 3.63) is 53.1 Å². The van der Waals surface area contributed by atoms with Gasteiger partial charge in [-0.05, 0) is 61.3 Å². The van der Waals surface area contributed by atoms with Crippen molar-refractivity contribution in [2.24, 2.45) is 0 Å². The van der Waals surface area contributed by atoms with Gasteiger partial charge in [0.15, 0.2) is 0 Å². The zero-order valence-corrected chi connectivity index (χ0v) is 14.5. The molecule has 1 N–H and O–H groups in total. The molecule has 0 saturated heterocycles. The molecule has 2 aromatic carbocycles. The summed E-state index contributed by atoms with van der Waals surface area (Å²) in [6.45, 7) is 1.99. The lowest BCUT2D eigenvalue weighted by Crippen LogP contribution is -2.16. The van der Waals surface area contributed by atoms with Crippen molar-refractivity contribution in [2.75, 3.05) is 20.2 Å². The second kappa shape index (κ2) is 6.98. The highest BCUT2D eigenvalue weighted by Gasteiger charge is 2.15. The first-order valence-corrected chi connectivity index (χ1v) is 8.53. The monoisotopic (exact) mass is 346 g/mol. The van der Waals surface area contributed by atoms with Gasteiger partial charge in [0.25, 0.3) is 5.89 Å². The molecule has 0 bridgehead atoms. The molecule has 130 valence electrons. The summed E-state index contributed by atoms with van der Waals surface area (Å²) in [5.74, 6) is 1.46. The molecular formula is C20H18N4O2. The molecule has 2 heterocycles. The second-order valence-corrected chi connectivity index (χ2v) is 6.18. The van der Waals surface area contributed by atoms with Crippen LogP contribution in [0, 0.1) is 11.3 Å². The van der Waals surface area contributed by atoms with Crippen LogP contribution in [-0.4, -0.2) is 30.3 Å². The van der Waals surface area contributed by atoms with Gasteiger partial charge < -0.3 is 14.6 Å². The maximum Gasteiger partial charge on any atom is 0.258 e. The van der Waals surface area contributed by atoms with Crippen molar-refractivity contribution in [1.29, 1.82) is 5.26 Å². The second-order valence-electron chi connectivity index (χ2n) is 6.18. The first-order valence-electron chi connectivity index (χ1n) is 8.53. The number of aromatic nitrogens is 2. The molecular weight excluding hydrogens is 328 g/mol. The van der Waals surface area contributed by atoms with Crippen molar-refractivity contribution in [3.63, 3.8) is 0 Å². The van der Waals surface area contributed by atoms with Crippen LogP contribution in [0.3, 0.4) is 0 Å². The van der Waals surface area contributed by atoms with E-state index in [1.807, 2.05) is 6.07 Å². The minimum Gasteiger partial charge on any atom is -0.495 e. The summed E-state index contributed by atoms with van der Waals surface area (Å²) in [7, 11) is 1.54. The van der Waals surface area contributed by atoms with Crippen LogP contribution < -0.4 is 10.1 Å². The zero-order chi connectivity index (χ0) is 17.9. The van der Waals surface area contributed by atoms with Crippen LogP contribution in [0.5, 0.6) is 5.75 Å². The molecule has 1 aliphatic rings. The lowest BCUT2D eigenvalue weighted by atomic mass is 10.00. The highest BCUT2D eigenvalue weighted by molar-refractivity contribution is 5.64. The molecule has 26 heavy (non-hydrogen) atoms. The van der Waals surface area contributed by atoms with Gasteiger partial charge in [0.2, 0.25) is 5.82 Å². The number of fused-ring (bicyclic) bond motifs is 1. The Morgan fingerprint density at radius 3 is 2.69 bits per heavy atom. The van der Waals surface area contributed by atoms with Crippen molar-refractivity contribution in [1.82, 2.24) is 15.5 Å². The highest BCUT2D eigenvalue weighted by Crippen LogP contribution is 2.28. The van der Waals surface area contributed by atoms with Crippen LogP contribution in [0.4, 0.5) is 0 Å². The number of ether oxygens (including phenoxy) is 1. The number of hydrogen-bond acceptors (Lipinski definition) is 6. The number of nitrogens with zero attached hydrogens (tertiary/aromatic N) is 3. The summed E-state index contributed by atoms with van der Waals surface area (Å²) >= 11 is 0. The van der Waals surface area contributed by atoms with Gasteiger partial charge in [-0.25, -0.2) is 0 Å². The van der Waals surface area contributed by atoms with Gasteiger partial charge in [0.05, 0.1) is 12.7 Å². The molecule has 0 fully saturated rings. The van der Waals surface area contributed by atoms with Gasteiger partial charge in [0.1, 0.15) is 11.8 Å². The smallest absolute Gasteiger partial charge is 0.258 e. The Hall–Kier alpha value is -3.17. The number of hydrogen-bond donors (Lipinski definition) is 1. The molecule has 6 heteroatoms. The Labute approximate surface area is 151 Å². The topological polar surface area (TPSA) is 84.0 Å². The van der Waals surface area contributed by atoms with Gasteiger partial charge >= 0.3 is 0 Å². The first kappa shape index (κ1) is 16.3. The summed E-state index contributed by atoms with van der Waals surface area (Å²) in [5.41, 5.74) is 4.77. The Kier molecular flexibility index (Phi) is 4.38. The van der Waals surface area contributed by atoms with E-state index in [4.69, 9.17) is 9.26 Å². The Bertz CT molecular complexity index is 988. The number of methoxy groups -OCH3 is 1. The lowest BCUT2D eigenvalue weighted by molar-refractivity contribution is 0.413. The van der Waals surface area contributed by atoms with Crippen LogP contribution >= 0.6 is 0 Å². The van der Waals surface area contributed by atoms with Crippen LogP contribution in [0.15, 0.2) is 40.9 Å². The normalized spacial score (nSPS) is 13.5. The number of nitriles is 1. The fourth-order valence-corrected chi connectivity index (χ4v) is 3.20. The predicted octanol–water partition coefficient (Wildman–Crippen LogP) is 2.97. The van der Waals surface area contributed by atoms with E-state index >= 15 is 0 Å². The number of rotatable bonds is 3. The average Bonchev–Trinajstić information content (AvgIpc) is 3.06. The maximum absolute atomic E-state index is 9.24. The van der Waals surface area contributed by atoms with Crippen molar-refractivity contribution >= 4 is 0 Å². The van der Waals surface area contributed by atoms with Gasteiger partial charge in [-0.2, -0.15) is 10.2 Å². The zero-order valence-electron chi connectivity index (χ0n) is 14.5. The van der Waals surface area contributed by atoms with Crippen LogP contribution in [-0.2, 0) is 12.8 Å². The molecule has 3 aromatic rings. The van der Waals surface area contributed by atoms with Crippen LogP contribution in [0.2, 0.25) is 0 Å². The molecule has 1 aliphatic heterocycles. The van der Waals surface area contributed by atoms with E-state index in [-0.39, 0.29) is 0 Å². The van der Waals surface area contributed by atoms with E-state index in [0.29, 0.717) is 28.6 Å². The predicted molar refractivity (Wildman–Crippen MR) is 96.7 cm³/mol. The van der Waals surface area contributed by atoms with Crippen LogP contribution in [0.1, 0.15) is 16.7 Å². The Morgan fingerprint density at radius 2 is 1.88 bits per heavy atom. The summed E-state index contributed by atoms with van der Waals surface area (Å²) in [4.78, 5) is 4.51. The molecule has 4 rings (SSSR count). The Morgan fingerprint density at radius 1 is 1.08 bits per heavy atom. The summed E-state index contributed by atoms with van der Waals surface area (Å²) < 4.78 is 10.6. The third-order valence-electron chi connectivity index (χ3n) is 4.60. The van der Waals surface area contributed by atoms with Crippen molar-refractivity contribution in [3.8, 4) is 34.7 Å². The minimum absolute atomic E-state index is 0.385. The molecule has 0 saturated carbocycles. The first-order chi connectivity index (χ1) is 12.8. The fraction of sp³-hybridized carbons (Fsp3) is 0.250. The molecule has 0 aliphatic carbocycles. The maximum atomic E-state index is 9.24. The van der Waals surface area contributed by atoms with E-state index in [1.165, 1.54) is 18.2 Å². The lowest BCUT2D eigenvalue weighted by Gasteiger charge is -2.06. The third-order valence-corrected chi connectivity index (χ3v) is 4.60. The number of nitrogens with one attached hydrogen (secondary N) is 1. The largest absolute Gasteiger partial charge is 0.495 e. The van der Waals surface area contributed by atoms with Gasteiger partial charge in [-0.1, -0.05) is 17.3 Å². The number of benzene rings is 2. The average molecular weight is 346 g/mol. The van der Waals surface area contributed by atoms with E-state index in [1.54, 1.807) is 18.2 Å². The van der Waals surface area contributed by atoms with Crippen LogP contribution in [0.25, 0.3) is 22.8 Å². The molecule has 0 amide bonds. The van der Waals surface area contributed by atoms with E-state index in [9.17, 15) is 5.26 Å². The van der Waals surface area contributed by atoms with E-state index in [0.717, 1.165) is 31.5 Å². The molecule has 1 aromatic heterocycles. The van der Waals surface area contributed by atoms with Gasteiger partial charge in [-0.15, -0.1) is 0 Å². The molecule has 0 atom stereocenters. The third kappa shape index (κ3) is 3.05. The molecule has 6 nitrogen and oxygen atoms in total.